The molecule has 1 N–H and O–H groups in total. The largest absolute Gasteiger partial charge is 0.183 e. The average Bonchev–Trinajstić information content (AvgIpc) is 0.722. The predicted octanol–water partition coefficient (Wildman–Crippen LogP) is -4.12. The van der Waals surface area contributed by atoms with Crippen LogP contribution in [0.5, 0.6) is 0 Å². The maximum Gasteiger partial charge on any atom is 0.0777 e. The van der Waals surface area contributed by atoms with Crippen molar-refractivity contribution in [2.45, 2.75) is 0 Å². The smallest absolute Gasteiger partial charge is 0.0777 e. The van der Waals surface area contributed by atoms with Crippen molar-refractivity contribution in [2.24, 2.45) is 0 Å². The van der Waals surface area contributed by atoms with Crippen LogP contribution < -0.4 is 14.0 Å². The number of hydrogen-bond acceptors (Lipinski definition) is 4. The van der Waals surface area contributed by atoms with Crippen molar-refractivity contribution in [1.29, 1.82) is 0 Å². The number of halogens is 1. The Hall–Kier alpha value is 1.51. The molecule has 0 bridgehead atoms. The summed E-state index contributed by atoms with van der Waals surface area (Å²) in [5, 5.41) is 0. The Morgan fingerprint density at radius 3 is 1.17 bits per heavy atom. The summed E-state index contributed by atoms with van der Waals surface area (Å²) >= 11 is 0. The van der Waals surface area contributed by atoms with Gasteiger partial charge < -0.3 is 0 Å². The second kappa shape index (κ2) is 3.50. The van der Waals surface area contributed by atoms with E-state index in [1.807, 2.05) is 0 Å². The van der Waals surface area contributed by atoms with Gasteiger partial charge in [-0.05, 0) is 0 Å². The summed E-state index contributed by atoms with van der Waals surface area (Å²) in [7, 11) is -4.69. The van der Waals surface area contributed by atoms with E-state index in [2.05, 4.69) is 0 Å². The van der Waals surface area contributed by atoms with Crippen molar-refractivity contribution in [3.05, 3.63) is 0 Å². The predicted molar refractivity (Wildman–Crippen MR) is 2.22 cm³/mol. The fourth-order valence-corrected chi connectivity index (χ4v) is 0. The molecule has 0 radical (unpaired) electrons. The average molecular weight is 241 g/mol. The van der Waals surface area contributed by atoms with Crippen molar-refractivity contribution in [3.63, 3.8) is 0 Å². The molecule has 0 heterocycles. The van der Waals surface area contributed by atoms with Crippen LogP contribution in [-0.4, -0.2) is 4.66 Å². The molecule has 0 fully saturated rings. The molecule has 0 unspecified atom stereocenters. The van der Waals surface area contributed by atoms with E-state index < -0.39 is 10.2 Å². The van der Waals surface area contributed by atoms with Crippen molar-refractivity contribution in [3.8, 4) is 0 Å². The van der Waals surface area contributed by atoms with Crippen LogP contribution in [0.4, 0.5) is 0 Å². The van der Waals surface area contributed by atoms with E-state index in [0.717, 1.165) is 0 Å². The SMILES string of the molecule is [Ce].[O-][Cl+3]([O-])([O-])O. The third-order valence-corrected chi connectivity index (χ3v) is 0. The van der Waals surface area contributed by atoms with Gasteiger partial charge >= 0.3 is 0 Å². The van der Waals surface area contributed by atoms with Crippen molar-refractivity contribution in [1.82, 2.24) is 0 Å². The van der Waals surface area contributed by atoms with Gasteiger partial charge in [0.15, 0.2) is 0 Å². The Morgan fingerprint density at radius 1 is 1.17 bits per heavy atom. The van der Waals surface area contributed by atoms with Crippen molar-refractivity contribution >= 4 is 0 Å². The summed E-state index contributed by atoms with van der Waals surface area (Å²) < 4.78 is 32.7. The fraction of sp³-hybridized carbons (Fsp3) is 0. The van der Waals surface area contributed by atoms with E-state index in [4.69, 9.17) is 18.6 Å². The molecule has 0 aromatic rings. The first kappa shape index (κ1) is 10.5. The molecular weight excluding hydrogens is 240 g/mol. The minimum absolute atomic E-state index is 0. The topological polar surface area (TPSA) is 89.4 Å². The van der Waals surface area contributed by atoms with Crippen molar-refractivity contribution in [2.75, 3.05) is 0 Å². The van der Waals surface area contributed by atoms with Gasteiger partial charge in [-0.2, -0.15) is 14.0 Å². The Labute approximate surface area is 69.9 Å². The van der Waals surface area contributed by atoms with Gasteiger partial charge in [0.2, 0.25) is 0 Å². The molecular formula is HCeClO4. The monoisotopic (exact) mass is 240 g/mol. The third kappa shape index (κ3) is 49.3. The molecule has 36 valence electrons. The Morgan fingerprint density at radius 2 is 1.17 bits per heavy atom. The van der Waals surface area contributed by atoms with E-state index in [0.29, 0.717) is 0 Å². The molecule has 0 aliphatic carbocycles. The molecule has 6 heteroatoms. The van der Waals surface area contributed by atoms with Gasteiger partial charge in [-0.3, -0.25) is 0 Å². The van der Waals surface area contributed by atoms with Crippen LogP contribution in [0.2, 0.25) is 0 Å². The minimum Gasteiger partial charge on any atom is -0.183 e. The second-order valence-electron chi connectivity index (χ2n) is 0.396. The Balaban J connectivity index is 0. The molecule has 0 aliphatic heterocycles. The summed E-state index contributed by atoms with van der Waals surface area (Å²) in [6.07, 6.45) is 0. The molecule has 0 saturated heterocycles. The molecule has 0 saturated carbocycles. The molecule has 4 nitrogen and oxygen atoms in total. The van der Waals surface area contributed by atoms with Crippen LogP contribution in [0.25, 0.3) is 0 Å². The zero-order chi connectivity index (χ0) is 4.50. The Bertz CT molecular complexity index is 23.0. The third-order valence-electron chi connectivity index (χ3n) is 0. The molecule has 0 amide bonds. The number of rotatable bonds is 0. The van der Waals surface area contributed by atoms with Gasteiger partial charge in [0.05, 0.1) is 14.9 Å². The summed E-state index contributed by atoms with van der Waals surface area (Å²) in [5.41, 5.74) is 0. The van der Waals surface area contributed by atoms with Crippen LogP contribution in [0.15, 0.2) is 0 Å². The van der Waals surface area contributed by atoms with Gasteiger partial charge in [-0.1, -0.05) is 0 Å². The van der Waals surface area contributed by atoms with E-state index in [-0.39, 0.29) is 41.7 Å². The first-order chi connectivity index (χ1) is 2.00. The van der Waals surface area contributed by atoms with Gasteiger partial charge in [-0.25, -0.2) is 0 Å². The van der Waals surface area contributed by atoms with Gasteiger partial charge in [-0.15, -0.1) is 0 Å². The van der Waals surface area contributed by atoms with Crippen LogP contribution in [0.3, 0.4) is 0 Å². The van der Waals surface area contributed by atoms with E-state index in [1.54, 1.807) is 0 Å². The molecule has 0 atom stereocenters. The Kier molecular flexibility index (Phi) is 6.12. The first-order valence-corrected chi connectivity index (χ1v) is 1.90. The second-order valence-corrected chi connectivity index (χ2v) is 1.19. The van der Waals surface area contributed by atoms with E-state index >= 15 is 0 Å². The summed E-state index contributed by atoms with van der Waals surface area (Å²) in [6, 6.07) is 0. The minimum atomic E-state index is -4.69. The summed E-state index contributed by atoms with van der Waals surface area (Å²) in [4.78, 5) is 0. The molecule has 0 aromatic carbocycles. The standard InChI is InChI=1S/Ce.ClHO4/c;2-1(3,4)5/h;(H,2,3,4,5). The number of hydrogen-bond donors (Lipinski definition) is 1. The summed E-state index contributed by atoms with van der Waals surface area (Å²) in [6.45, 7) is 0. The molecule has 6 heavy (non-hydrogen) atoms. The van der Waals surface area contributed by atoms with Crippen LogP contribution in [0.1, 0.15) is 0 Å². The van der Waals surface area contributed by atoms with Crippen LogP contribution in [0, 0.1) is 52.0 Å². The van der Waals surface area contributed by atoms with Gasteiger partial charge in [0.1, 0.15) is 0 Å². The normalized spacial score (nSPS) is 10.0. The molecule has 0 spiro atoms. The van der Waals surface area contributed by atoms with E-state index in [1.165, 1.54) is 0 Å². The zero-order valence-electron chi connectivity index (χ0n) is 2.55. The molecule has 0 rings (SSSR count). The fourth-order valence-electron chi connectivity index (χ4n) is 0. The quantitative estimate of drug-likeness (QED) is 0.466. The van der Waals surface area contributed by atoms with Crippen LogP contribution >= 0.6 is 0 Å². The van der Waals surface area contributed by atoms with Crippen LogP contribution in [-0.2, 0) is 0 Å². The van der Waals surface area contributed by atoms with E-state index in [9.17, 15) is 0 Å². The summed E-state index contributed by atoms with van der Waals surface area (Å²) in [5.74, 6) is 0. The maximum atomic E-state index is 8.60. The molecule has 0 aromatic heterocycles. The van der Waals surface area contributed by atoms with Gasteiger partial charge in [0.25, 0.3) is 0 Å². The first-order valence-electron chi connectivity index (χ1n) is 0.632. The zero-order valence-corrected chi connectivity index (χ0v) is 6.45. The van der Waals surface area contributed by atoms with Crippen molar-refractivity contribution < 1.29 is 70.6 Å². The van der Waals surface area contributed by atoms with Gasteiger partial charge in [0, 0.05) is 41.7 Å². The molecule has 0 aliphatic rings. The maximum absolute atomic E-state index is 8.60.